The molecule has 1 aliphatic rings. The number of piperazine rings is 1. The number of sulfonamides is 1. The van der Waals surface area contributed by atoms with E-state index in [2.05, 4.69) is 21.2 Å². The van der Waals surface area contributed by atoms with E-state index in [1.165, 1.54) is 35.6 Å². The van der Waals surface area contributed by atoms with Crippen molar-refractivity contribution in [3.63, 3.8) is 0 Å². The van der Waals surface area contributed by atoms with Crippen LogP contribution in [0.2, 0.25) is 0 Å². The van der Waals surface area contributed by atoms with Gasteiger partial charge in [0.05, 0.1) is 18.7 Å². The number of hydrogen-bond donors (Lipinski definition) is 2. The third kappa shape index (κ3) is 6.79. The SMILES string of the molecule is COc1cc(S(=O)(=O)N2CCN(C(=O)CC[C@H](NC(=O)c3ccccc3)C(=O)O)CC2)c(OC)cc1Br. The summed E-state index contributed by atoms with van der Waals surface area (Å²) in [6.45, 7) is 0.399. The van der Waals surface area contributed by atoms with Crippen LogP contribution in [0.4, 0.5) is 0 Å². The third-order valence-electron chi connectivity index (χ3n) is 5.93. The van der Waals surface area contributed by atoms with E-state index in [-0.39, 0.29) is 55.6 Å². The first-order valence-corrected chi connectivity index (χ1v) is 13.6. The number of nitrogens with one attached hydrogen (secondary N) is 1. The topological polar surface area (TPSA) is 143 Å². The first kappa shape index (κ1) is 28.4. The lowest BCUT2D eigenvalue weighted by atomic mass is 10.1. The molecule has 1 aliphatic heterocycles. The number of ether oxygens (including phenoxy) is 2. The van der Waals surface area contributed by atoms with Crippen molar-refractivity contribution in [2.24, 2.45) is 0 Å². The Labute approximate surface area is 223 Å². The second-order valence-electron chi connectivity index (χ2n) is 8.19. The van der Waals surface area contributed by atoms with Gasteiger partial charge >= 0.3 is 5.97 Å². The van der Waals surface area contributed by atoms with Gasteiger partial charge in [0.15, 0.2) is 0 Å². The Balaban J connectivity index is 1.59. The van der Waals surface area contributed by atoms with E-state index in [4.69, 9.17) is 9.47 Å². The lowest BCUT2D eigenvalue weighted by molar-refractivity contribution is -0.139. The smallest absolute Gasteiger partial charge is 0.326 e. The first-order valence-electron chi connectivity index (χ1n) is 11.4. The maximum Gasteiger partial charge on any atom is 0.326 e. The number of hydrogen-bond acceptors (Lipinski definition) is 7. The number of halogens is 1. The summed E-state index contributed by atoms with van der Waals surface area (Å²) in [7, 11) is -1.14. The van der Waals surface area contributed by atoms with Crippen LogP contribution in [0.3, 0.4) is 0 Å². The molecule has 2 N–H and O–H groups in total. The van der Waals surface area contributed by atoms with E-state index >= 15 is 0 Å². The fourth-order valence-electron chi connectivity index (χ4n) is 3.87. The van der Waals surface area contributed by atoms with Gasteiger partial charge in [0.2, 0.25) is 15.9 Å². The number of benzene rings is 2. The van der Waals surface area contributed by atoms with E-state index < -0.39 is 27.9 Å². The van der Waals surface area contributed by atoms with Crippen molar-refractivity contribution in [1.82, 2.24) is 14.5 Å². The van der Waals surface area contributed by atoms with Gasteiger partial charge in [0.1, 0.15) is 22.4 Å². The van der Waals surface area contributed by atoms with Crippen LogP contribution in [0.15, 0.2) is 51.8 Å². The Kier molecular flexibility index (Phi) is 9.51. The minimum Gasteiger partial charge on any atom is -0.496 e. The van der Waals surface area contributed by atoms with Gasteiger partial charge in [-0.05, 0) is 40.5 Å². The quantitative estimate of drug-likeness (QED) is 0.423. The zero-order valence-corrected chi connectivity index (χ0v) is 22.7. The molecular formula is C24H28BrN3O8S. The maximum atomic E-state index is 13.3. The standard InChI is InChI=1S/C24H28BrN3O8S/c1-35-19-15-21(20(36-2)14-17(19)25)37(33,34)28-12-10-27(11-13-28)22(29)9-8-18(24(31)32)26-23(30)16-6-4-3-5-7-16/h3-7,14-15,18H,8-13H2,1-2H3,(H,26,30)(H,31,32)/t18-/m0/s1. The number of aliphatic carboxylic acids is 1. The first-order chi connectivity index (χ1) is 17.6. The number of methoxy groups -OCH3 is 2. The molecule has 1 atom stereocenters. The molecule has 0 radical (unpaired) electrons. The molecule has 2 aromatic carbocycles. The van der Waals surface area contributed by atoms with Crippen LogP contribution in [-0.4, -0.2) is 87.0 Å². The average molecular weight is 598 g/mol. The van der Waals surface area contributed by atoms with E-state index in [9.17, 15) is 27.9 Å². The Morgan fingerprint density at radius 1 is 1.03 bits per heavy atom. The minimum atomic E-state index is -3.94. The van der Waals surface area contributed by atoms with Gasteiger partial charge < -0.3 is 24.8 Å². The number of carboxylic acids is 1. The zero-order valence-electron chi connectivity index (χ0n) is 20.3. The molecule has 1 saturated heterocycles. The van der Waals surface area contributed by atoms with Crippen molar-refractivity contribution in [3.05, 3.63) is 52.5 Å². The van der Waals surface area contributed by atoms with Gasteiger partial charge in [0.25, 0.3) is 5.91 Å². The molecule has 37 heavy (non-hydrogen) atoms. The minimum absolute atomic E-state index is 0.0479. The molecular weight excluding hydrogens is 570 g/mol. The van der Waals surface area contributed by atoms with Crippen LogP contribution in [0, 0.1) is 0 Å². The Hall–Kier alpha value is -3.16. The van der Waals surface area contributed by atoms with Crippen molar-refractivity contribution in [2.45, 2.75) is 23.8 Å². The fourth-order valence-corrected chi connectivity index (χ4v) is 5.92. The summed E-state index contributed by atoms with van der Waals surface area (Å²) in [6.07, 6.45) is -0.211. The number of carbonyl (C=O) groups excluding carboxylic acids is 2. The van der Waals surface area contributed by atoms with Gasteiger partial charge in [-0.1, -0.05) is 18.2 Å². The molecule has 0 aromatic heterocycles. The van der Waals surface area contributed by atoms with Gasteiger partial charge in [-0.3, -0.25) is 9.59 Å². The predicted octanol–water partition coefficient (Wildman–Crippen LogP) is 1.96. The lowest BCUT2D eigenvalue weighted by Gasteiger charge is -2.34. The number of amides is 2. The molecule has 0 spiro atoms. The predicted molar refractivity (Wildman–Crippen MR) is 137 cm³/mol. The van der Waals surface area contributed by atoms with Crippen LogP contribution in [0.5, 0.6) is 11.5 Å². The highest BCUT2D eigenvalue weighted by Crippen LogP contribution is 2.36. The number of rotatable bonds is 10. The van der Waals surface area contributed by atoms with Crippen LogP contribution in [0.1, 0.15) is 23.2 Å². The highest BCUT2D eigenvalue weighted by Gasteiger charge is 2.33. The third-order valence-corrected chi connectivity index (χ3v) is 8.47. The summed E-state index contributed by atoms with van der Waals surface area (Å²) in [5.74, 6) is -1.62. The number of carboxylic acid groups (broad SMARTS) is 1. The molecule has 2 aromatic rings. The van der Waals surface area contributed by atoms with Crippen LogP contribution >= 0.6 is 15.9 Å². The van der Waals surface area contributed by atoms with Gasteiger partial charge in [-0.15, -0.1) is 0 Å². The number of carbonyl (C=O) groups is 3. The van der Waals surface area contributed by atoms with Crippen LogP contribution in [0.25, 0.3) is 0 Å². The lowest BCUT2D eigenvalue weighted by Crippen LogP contribution is -2.51. The second kappa shape index (κ2) is 12.4. The highest BCUT2D eigenvalue weighted by molar-refractivity contribution is 9.10. The van der Waals surface area contributed by atoms with Crippen molar-refractivity contribution < 1.29 is 37.4 Å². The molecule has 2 amide bonds. The molecule has 0 saturated carbocycles. The second-order valence-corrected chi connectivity index (χ2v) is 11.0. The molecule has 0 aliphatic carbocycles. The van der Waals surface area contributed by atoms with Crippen molar-refractivity contribution in [1.29, 1.82) is 0 Å². The van der Waals surface area contributed by atoms with E-state index in [1.807, 2.05) is 0 Å². The highest BCUT2D eigenvalue weighted by atomic mass is 79.9. The Bertz CT molecular complexity index is 1250. The van der Waals surface area contributed by atoms with Crippen molar-refractivity contribution in [2.75, 3.05) is 40.4 Å². The molecule has 11 nitrogen and oxygen atoms in total. The van der Waals surface area contributed by atoms with Gasteiger partial charge in [-0.2, -0.15) is 4.31 Å². The molecule has 0 unspecified atom stereocenters. The van der Waals surface area contributed by atoms with E-state index in [0.717, 1.165) is 0 Å². The zero-order chi connectivity index (χ0) is 27.2. The summed E-state index contributed by atoms with van der Waals surface area (Å²) in [5.41, 5.74) is 0.317. The summed E-state index contributed by atoms with van der Waals surface area (Å²) < 4.78 is 38.9. The number of nitrogens with zero attached hydrogens (tertiary/aromatic N) is 2. The summed E-state index contributed by atoms with van der Waals surface area (Å²) in [4.78, 5) is 38.1. The molecule has 200 valence electrons. The summed E-state index contributed by atoms with van der Waals surface area (Å²) in [6, 6.07) is 9.85. The monoisotopic (exact) mass is 597 g/mol. The van der Waals surface area contributed by atoms with Crippen LogP contribution < -0.4 is 14.8 Å². The normalized spacial score (nSPS) is 15.1. The molecule has 3 rings (SSSR count). The Morgan fingerprint density at radius 2 is 1.65 bits per heavy atom. The van der Waals surface area contributed by atoms with Crippen molar-refractivity contribution in [3.8, 4) is 11.5 Å². The van der Waals surface area contributed by atoms with E-state index in [1.54, 1.807) is 30.3 Å². The molecule has 0 bridgehead atoms. The largest absolute Gasteiger partial charge is 0.496 e. The van der Waals surface area contributed by atoms with Crippen LogP contribution in [-0.2, 0) is 19.6 Å². The molecule has 1 fully saturated rings. The summed E-state index contributed by atoms with van der Waals surface area (Å²) >= 11 is 3.31. The maximum absolute atomic E-state index is 13.3. The fraction of sp³-hybridized carbons (Fsp3) is 0.375. The summed E-state index contributed by atoms with van der Waals surface area (Å²) in [5, 5.41) is 11.9. The molecule has 1 heterocycles. The van der Waals surface area contributed by atoms with Gasteiger partial charge in [-0.25, -0.2) is 13.2 Å². The Morgan fingerprint density at radius 3 is 2.22 bits per heavy atom. The van der Waals surface area contributed by atoms with Crippen molar-refractivity contribution >= 4 is 43.7 Å². The average Bonchev–Trinajstić information content (AvgIpc) is 2.90. The van der Waals surface area contributed by atoms with E-state index in [0.29, 0.717) is 15.8 Å². The molecule has 13 heteroatoms. The van der Waals surface area contributed by atoms with Gasteiger partial charge in [0, 0.05) is 44.2 Å².